The SMILES string of the molecule is CCNC(Cc1cc(F)ccc1Cl)CC1CC1. The number of nitrogens with one attached hydrogen (secondary N) is 1. The third-order valence-electron chi connectivity index (χ3n) is 3.28. The zero-order chi connectivity index (χ0) is 12.3. The predicted octanol–water partition coefficient (Wildman–Crippen LogP) is 3.80. The van der Waals surface area contributed by atoms with E-state index in [2.05, 4.69) is 12.2 Å². The minimum atomic E-state index is -0.203. The summed E-state index contributed by atoms with van der Waals surface area (Å²) in [4.78, 5) is 0. The van der Waals surface area contributed by atoms with E-state index in [1.807, 2.05) is 0 Å². The maximum Gasteiger partial charge on any atom is 0.123 e. The maximum absolute atomic E-state index is 13.2. The van der Waals surface area contributed by atoms with Crippen LogP contribution in [0.5, 0.6) is 0 Å². The topological polar surface area (TPSA) is 12.0 Å². The van der Waals surface area contributed by atoms with Gasteiger partial charge in [-0.3, -0.25) is 0 Å². The highest BCUT2D eigenvalue weighted by atomic mass is 35.5. The first-order chi connectivity index (χ1) is 8.19. The molecule has 17 heavy (non-hydrogen) atoms. The van der Waals surface area contributed by atoms with Crippen molar-refractivity contribution in [1.29, 1.82) is 0 Å². The Kier molecular flexibility index (Phi) is 4.41. The van der Waals surface area contributed by atoms with Crippen molar-refractivity contribution in [3.05, 3.63) is 34.6 Å². The van der Waals surface area contributed by atoms with E-state index in [-0.39, 0.29) is 5.82 Å². The number of hydrogen-bond donors (Lipinski definition) is 1. The van der Waals surface area contributed by atoms with Crippen LogP contribution in [0.25, 0.3) is 0 Å². The molecule has 1 saturated carbocycles. The summed E-state index contributed by atoms with van der Waals surface area (Å²) in [6.45, 7) is 3.05. The largest absolute Gasteiger partial charge is 0.314 e. The quantitative estimate of drug-likeness (QED) is 0.815. The van der Waals surface area contributed by atoms with Crippen molar-refractivity contribution in [2.24, 2.45) is 5.92 Å². The van der Waals surface area contributed by atoms with Crippen LogP contribution >= 0.6 is 11.6 Å². The summed E-state index contributed by atoms with van der Waals surface area (Å²) in [5.74, 6) is 0.664. The summed E-state index contributed by atoms with van der Waals surface area (Å²) in [6, 6.07) is 5.03. The Hall–Kier alpha value is -0.600. The molecule has 1 aromatic carbocycles. The summed E-state index contributed by atoms with van der Waals surface area (Å²) in [5, 5.41) is 4.14. The summed E-state index contributed by atoms with van der Waals surface area (Å²) >= 11 is 6.10. The van der Waals surface area contributed by atoms with Crippen LogP contribution in [0.15, 0.2) is 18.2 Å². The van der Waals surface area contributed by atoms with Gasteiger partial charge in [0.05, 0.1) is 0 Å². The molecule has 0 amide bonds. The molecule has 0 aliphatic heterocycles. The maximum atomic E-state index is 13.2. The van der Waals surface area contributed by atoms with Crippen molar-refractivity contribution in [2.45, 2.75) is 38.6 Å². The van der Waals surface area contributed by atoms with Crippen molar-refractivity contribution < 1.29 is 4.39 Å². The standard InChI is InChI=1S/C14H19ClFN/c1-2-17-13(7-10-3-4-10)9-11-8-12(16)5-6-14(11)15/h5-6,8,10,13,17H,2-4,7,9H2,1H3. The van der Waals surface area contributed by atoms with E-state index in [4.69, 9.17) is 11.6 Å². The minimum absolute atomic E-state index is 0.203. The van der Waals surface area contributed by atoms with Crippen LogP contribution < -0.4 is 5.32 Å². The monoisotopic (exact) mass is 255 g/mol. The summed E-state index contributed by atoms with van der Waals surface area (Å²) in [5.41, 5.74) is 0.915. The molecule has 2 rings (SSSR count). The molecule has 0 bridgehead atoms. The fraction of sp³-hybridized carbons (Fsp3) is 0.571. The molecule has 1 fully saturated rings. The van der Waals surface area contributed by atoms with E-state index in [0.29, 0.717) is 11.1 Å². The van der Waals surface area contributed by atoms with E-state index in [9.17, 15) is 4.39 Å². The lowest BCUT2D eigenvalue weighted by Gasteiger charge is -2.18. The smallest absolute Gasteiger partial charge is 0.123 e. The van der Waals surface area contributed by atoms with Crippen LogP contribution in [0.1, 0.15) is 31.7 Å². The molecule has 1 aliphatic carbocycles. The molecule has 0 radical (unpaired) electrons. The Morgan fingerprint density at radius 2 is 2.24 bits per heavy atom. The Bertz CT molecular complexity index is 376. The normalized spacial score (nSPS) is 17.1. The Morgan fingerprint density at radius 1 is 1.47 bits per heavy atom. The molecule has 0 saturated heterocycles. The van der Waals surface area contributed by atoms with E-state index >= 15 is 0 Å². The highest BCUT2D eigenvalue weighted by Gasteiger charge is 2.25. The number of benzene rings is 1. The first-order valence-electron chi connectivity index (χ1n) is 6.36. The average molecular weight is 256 g/mol. The molecule has 0 heterocycles. The van der Waals surface area contributed by atoms with Gasteiger partial charge in [-0.2, -0.15) is 0 Å². The van der Waals surface area contributed by atoms with Crippen LogP contribution in [-0.4, -0.2) is 12.6 Å². The molecule has 1 nitrogen and oxygen atoms in total. The Balaban J connectivity index is 2.01. The number of rotatable bonds is 6. The zero-order valence-corrected chi connectivity index (χ0v) is 10.9. The fourth-order valence-electron chi connectivity index (χ4n) is 2.25. The molecular formula is C14H19ClFN. The van der Waals surface area contributed by atoms with Gasteiger partial charge in [-0.25, -0.2) is 4.39 Å². The first kappa shape index (κ1) is 12.8. The number of halogens is 2. The van der Waals surface area contributed by atoms with Crippen LogP contribution in [-0.2, 0) is 6.42 Å². The first-order valence-corrected chi connectivity index (χ1v) is 6.74. The van der Waals surface area contributed by atoms with Crippen molar-refractivity contribution in [3.8, 4) is 0 Å². The lowest BCUT2D eigenvalue weighted by molar-refractivity contribution is 0.465. The van der Waals surface area contributed by atoms with Gasteiger partial charge in [0.25, 0.3) is 0 Å². The van der Waals surface area contributed by atoms with E-state index < -0.39 is 0 Å². The van der Waals surface area contributed by atoms with Gasteiger partial charge in [-0.15, -0.1) is 0 Å². The van der Waals surface area contributed by atoms with Crippen molar-refractivity contribution in [2.75, 3.05) is 6.54 Å². The molecule has 3 heteroatoms. The van der Waals surface area contributed by atoms with Gasteiger partial charge in [-0.05, 0) is 49.1 Å². The summed E-state index contributed by atoms with van der Waals surface area (Å²) in [6.07, 6.45) is 4.69. The van der Waals surface area contributed by atoms with Gasteiger partial charge in [0, 0.05) is 11.1 Å². The predicted molar refractivity (Wildman–Crippen MR) is 69.9 cm³/mol. The second-order valence-electron chi connectivity index (χ2n) is 4.87. The fourth-order valence-corrected chi connectivity index (χ4v) is 2.44. The van der Waals surface area contributed by atoms with Crippen LogP contribution in [0.2, 0.25) is 5.02 Å². The van der Waals surface area contributed by atoms with Gasteiger partial charge < -0.3 is 5.32 Å². The van der Waals surface area contributed by atoms with Crippen molar-refractivity contribution >= 4 is 11.6 Å². The number of likely N-dealkylation sites (N-methyl/N-ethyl adjacent to an activating group) is 1. The zero-order valence-electron chi connectivity index (χ0n) is 10.2. The van der Waals surface area contributed by atoms with Crippen LogP contribution in [0, 0.1) is 11.7 Å². The Labute approximate surface area is 107 Å². The highest BCUT2D eigenvalue weighted by molar-refractivity contribution is 6.31. The van der Waals surface area contributed by atoms with Gasteiger partial charge in [0.1, 0.15) is 5.82 Å². The summed E-state index contributed by atoms with van der Waals surface area (Å²) in [7, 11) is 0. The van der Waals surface area contributed by atoms with Crippen LogP contribution in [0.4, 0.5) is 4.39 Å². The second-order valence-corrected chi connectivity index (χ2v) is 5.28. The van der Waals surface area contributed by atoms with Gasteiger partial charge in [0.15, 0.2) is 0 Å². The Morgan fingerprint density at radius 3 is 2.88 bits per heavy atom. The van der Waals surface area contributed by atoms with Gasteiger partial charge >= 0.3 is 0 Å². The van der Waals surface area contributed by atoms with Crippen molar-refractivity contribution in [3.63, 3.8) is 0 Å². The molecule has 1 unspecified atom stereocenters. The average Bonchev–Trinajstić information content (AvgIpc) is 3.08. The van der Waals surface area contributed by atoms with E-state index in [1.165, 1.54) is 25.3 Å². The lowest BCUT2D eigenvalue weighted by Crippen LogP contribution is -2.31. The molecule has 1 aliphatic rings. The minimum Gasteiger partial charge on any atom is -0.314 e. The summed E-state index contributed by atoms with van der Waals surface area (Å²) < 4.78 is 13.2. The van der Waals surface area contributed by atoms with Crippen LogP contribution in [0.3, 0.4) is 0 Å². The van der Waals surface area contributed by atoms with Gasteiger partial charge in [0.2, 0.25) is 0 Å². The molecule has 0 spiro atoms. The van der Waals surface area contributed by atoms with Gasteiger partial charge in [-0.1, -0.05) is 31.4 Å². The molecule has 1 aromatic rings. The lowest BCUT2D eigenvalue weighted by atomic mass is 10.0. The number of hydrogen-bond acceptors (Lipinski definition) is 1. The third kappa shape index (κ3) is 3.97. The van der Waals surface area contributed by atoms with E-state index in [0.717, 1.165) is 24.4 Å². The molecule has 94 valence electrons. The third-order valence-corrected chi connectivity index (χ3v) is 3.65. The molecule has 1 atom stereocenters. The molecule has 1 N–H and O–H groups in total. The highest BCUT2D eigenvalue weighted by Crippen LogP contribution is 2.34. The molecule has 0 aromatic heterocycles. The van der Waals surface area contributed by atoms with E-state index in [1.54, 1.807) is 12.1 Å². The second kappa shape index (κ2) is 5.83. The van der Waals surface area contributed by atoms with Crippen molar-refractivity contribution in [1.82, 2.24) is 5.32 Å². The molecular weight excluding hydrogens is 237 g/mol.